The van der Waals surface area contributed by atoms with Crippen LogP contribution in [-0.4, -0.2) is 16.9 Å². The number of hydrogen-bond acceptors (Lipinski definition) is 3. The van der Waals surface area contributed by atoms with Crippen molar-refractivity contribution in [1.29, 1.82) is 0 Å². The first kappa shape index (κ1) is 13.5. The SMILES string of the molecule is N[C@@H](Cc1ccccc1)C(=O)Nc1ccc(Cl)nc1. The standard InChI is InChI=1S/C14H14ClN3O/c15-13-7-6-11(9-17-13)18-14(19)12(16)8-10-4-2-1-3-5-10/h1-7,9,12H,8,16H2,(H,18,19)/t12-/m0/s1. The van der Waals surface area contributed by atoms with E-state index >= 15 is 0 Å². The van der Waals surface area contributed by atoms with Gasteiger partial charge in [0.1, 0.15) is 5.15 Å². The molecule has 4 nitrogen and oxygen atoms in total. The molecule has 1 heterocycles. The number of carbonyl (C=O) groups is 1. The van der Waals surface area contributed by atoms with Gasteiger partial charge in [-0.2, -0.15) is 0 Å². The third-order valence-electron chi connectivity index (χ3n) is 2.63. The Kier molecular flexibility index (Phi) is 4.49. The monoisotopic (exact) mass is 275 g/mol. The lowest BCUT2D eigenvalue weighted by Gasteiger charge is -2.12. The molecule has 0 spiro atoms. The molecule has 0 aliphatic heterocycles. The highest BCUT2D eigenvalue weighted by Gasteiger charge is 2.14. The highest BCUT2D eigenvalue weighted by atomic mass is 35.5. The second kappa shape index (κ2) is 6.31. The number of pyridine rings is 1. The van der Waals surface area contributed by atoms with Crippen molar-refractivity contribution in [2.24, 2.45) is 5.73 Å². The number of carbonyl (C=O) groups excluding carboxylic acids is 1. The van der Waals surface area contributed by atoms with Crippen LogP contribution >= 0.6 is 11.6 Å². The van der Waals surface area contributed by atoms with Crippen molar-refractivity contribution >= 4 is 23.2 Å². The summed E-state index contributed by atoms with van der Waals surface area (Å²) < 4.78 is 0. The van der Waals surface area contributed by atoms with Gasteiger partial charge in [0, 0.05) is 0 Å². The van der Waals surface area contributed by atoms with Crippen LogP contribution in [0.15, 0.2) is 48.7 Å². The van der Waals surface area contributed by atoms with E-state index in [1.54, 1.807) is 12.1 Å². The first-order valence-corrected chi connectivity index (χ1v) is 6.25. The quantitative estimate of drug-likeness (QED) is 0.841. The second-order valence-corrected chi connectivity index (χ2v) is 4.54. The number of hydrogen-bond donors (Lipinski definition) is 2. The molecule has 5 heteroatoms. The summed E-state index contributed by atoms with van der Waals surface area (Å²) in [5.41, 5.74) is 7.48. The second-order valence-electron chi connectivity index (χ2n) is 4.16. The van der Waals surface area contributed by atoms with E-state index in [9.17, 15) is 4.79 Å². The van der Waals surface area contributed by atoms with Gasteiger partial charge in [-0.3, -0.25) is 4.79 Å². The molecule has 1 amide bonds. The molecule has 3 N–H and O–H groups in total. The first-order chi connectivity index (χ1) is 9.15. The molecule has 0 fully saturated rings. The summed E-state index contributed by atoms with van der Waals surface area (Å²) in [5.74, 6) is -0.243. The Balaban J connectivity index is 1.94. The minimum absolute atomic E-state index is 0.243. The molecule has 0 unspecified atom stereocenters. The first-order valence-electron chi connectivity index (χ1n) is 5.87. The molecule has 1 aromatic carbocycles. The molecule has 98 valence electrons. The van der Waals surface area contributed by atoms with E-state index in [2.05, 4.69) is 10.3 Å². The van der Waals surface area contributed by atoms with Gasteiger partial charge in [0.2, 0.25) is 5.91 Å². The van der Waals surface area contributed by atoms with Crippen molar-refractivity contribution in [3.8, 4) is 0 Å². The van der Waals surface area contributed by atoms with Crippen LogP contribution in [0.4, 0.5) is 5.69 Å². The molecular weight excluding hydrogens is 262 g/mol. The maximum atomic E-state index is 11.9. The summed E-state index contributed by atoms with van der Waals surface area (Å²) >= 11 is 5.67. The smallest absolute Gasteiger partial charge is 0.241 e. The van der Waals surface area contributed by atoms with E-state index in [0.29, 0.717) is 17.3 Å². The van der Waals surface area contributed by atoms with Crippen molar-refractivity contribution in [2.45, 2.75) is 12.5 Å². The van der Waals surface area contributed by atoms with Crippen LogP contribution in [0, 0.1) is 0 Å². The fourth-order valence-electron chi connectivity index (χ4n) is 1.65. The largest absolute Gasteiger partial charge is 0.323 e. The van der Waals surface area contributed by atoms with Gasteiger partial charge in [-0.25, -0.2) is 4.98 Å². The summed E-state index contributed by atoms with van der Waals surface area (Å²) in [5, 5.41) is 3.09. The minimum atomic E-state index is -0.599. The van der Waals surface area contributed by atoms with E-state index in [4.69, 9.17) is 17.3 Å². The molecule has 1 atom stereocenters. The molecule has 0 aliphatic rings. The van der Waals surface area contributed by atoms with Gasteiger partial charge in [-0.15, -0.1) is 0 Å². The van der Waals surface area contributed by atoms with Gasteiger partial charge in [-0.1, -0.05) is 41.9 Å². The van der Waals surface area contributed by atoms with Crippen molar-refractivity contribution in [1.82, 2.24) is 4.98 Å². The minimum Gasteiger partial charge on any atom is -0.323 e. The summed E-state index contributed by atoms with van der Waals surface area (Å²) in [6, 6.07) is 12.3. The lowest BCUT2D eigenvalue weighted by Crippen LogP contribution is -2.37. The number of anilines is 1. The summed E-state index contributed by atoms with van der Waals surface area (Å²) in [7, 11) is 0. The van der Waals surface area contributed by atoms with Crippen LogP contribution in [0.2, 0.25) is 5.15 Å². The predicted molar refractivity (Wildman–Crippen MR) is 76.0 cm³/mol. The summed E-state index contributed by atoms with van der Waals surface area (Å²) in [6.07, 6.45) is 1.99. The number of nitrogens with zero attached hydrogens (tertiary/aromatic N) is 1. The molecule has 0 aliphatic carbocycles. The number of halogens is 1. The molecule has 0 saturated carbocycles. The Morgan fingerprint density at radius 2 is 2.00 bits per heavy atom. The van der Waals surface area contributed by atoms with E-state index in [1.165, 1.54) is 6.20 Å². The topological polar surface area (TPSA) is 68.0 Å². The van der Waals surface area contributed by atoms with E-state index in [-0.39, 0.29) is 5.91 Å². The normalized spacial score (nSPS) is 11.9. The fraction of sp³-hybridized carbons (Fsp3) is 0.143. The zero-order chi connectivity index (χ0) is 13.7. The average Bonchev–Trinajstić information content (AvgIpc) is 2.42. The summed E-state index contributed by atoms with van der Waals surface area (Å²) in [6.45, 7) is 0. The molecule has 1 aromatic heterocycles. The van der Waals surface area contributed by atoms with Crippen molar-refractivity contribution in [3.63, 3.8) is 0 Å². The van der Waals surface area contributed by atoms with Crippen LogP contribution < -0.4 is 11.1 Å². The number of nitrogens with two attached hydrogens (primary N) is 1. The Morgan fingerprint density at radius 1 is 1.26 bits per heavy atom. The molecule has 0 radical (unpaired) electrons. The lowest BCUT2D eigenvalue weighted by atomic mass is 10.1. The van der Waals surface area contributed by atoms with Gasteiger partial charge >= 0.3 is 0 Å². The average molecular weight is 276 g/mol. The number of rotatable bonds is 4. The number of benzene rings is 1. The van der Waals surface area contributed by atoms with Crippen molar-refractivity contribution in [3.05, 3.63) is 59.4 Å². The van der Waals surface area contributed by atoms with E-state index in [0.717, 1.165) is 5.56 Å². The van der Waals surface area contributed by atoms with Crippen molar-refractivity contribution in [2.75, 3.05) is 5.32 Å². The third kappa shape index (κ3) is 4.05. The highest BCUT2D eigenvalue weighted by Crippen LogP contribution is 2.10. The Morgan fingerprint density at radius 3 is 2.63 bits per heavy atom. The molecule has 0 saturated heterocycles. The van der Waals surface area contributed by atoms with Gasteiger partial charge in [0.25, 0.3) is 0 Å². The van der Waals surface area contributed by atoms with Crippen LogP contribution in [0.1, 0.15) is 5.56 Å². The highest BCUT2D eigenvalue weighted by molar-refractivity contribution is 6.29. The lowest BCUT2D eigenvalue weighted by molar-refractivity contribution is -0.117. The van der Waals surface area contributed by atoms with Gasteiger partial charge < -0.3 is 11.1 Å². The Bertz CT molecular complexity index is 542. The maximum Gasteiger partial charge on any atom is 0.241 e. The van der Waals surface area contributed by atoms with Crippen LogP contribution in [-0.2, 0) is 11.2 Å². The van der Waals surface area contributed by atoms with Gasteiger partial charge in [-0.05, 0) is 24.1 Å². The van der Waals surface area contributed by atoms with E-state index in [1.807, 2.05) is 30.3 Å². The molecule has 0 bridgehead atoms. The fourth-order valence-corrected chi connectivity index (χ4v) is 1.76. The molecular formula is C14H14ClN3O. The molecule has 19 heavy (non-hydrogen) atoms. The Hall–Kier alpha value is -1.91. The third-order valence-corrected chi connectivity index (χ3v) is 2.85. The molecule has 2 rings (SSSR count). The van der Waals surface area contributed by atoms with Gasteiger partial charge in [0.15, 0.2) is 0 Å². The van der Waals surface area contributed by atoms with Gasteiger partial charge in [0.05, 0.1) is 17.9 Å². The van der Waals surface area contributed by atoms with Crippen LogP contribution in [0.25, 0.3) is 0 Å². The zero-order valence-corrected chi connectivity index (χ0v) is 11.0. The van der Waals surface area contributed by atoms with E-state index < -0.39 is 6.04 Å². The Labute approximate surface area is 116 Å². The zero-order valence-electron chi connectivity index (χ0n) is 10.2. The van der Waals surface area contributed by atoms with Crippen molar-refractivity contribution < 1.29 is 4.79 Å². The van der Waals surface area contributed by atoms with Crippen LogP contribution in [0.3, 0.4) is 0 Å². The molecule has 2 aromatic rings. The summed E-state index contributed by atoms with van der Waals surface area (Å²) in [4.78, 5) is 15.8. The maximum absolute atomic E-state index is 11.9. The predicted octanol–water partition coefficient (Wildman–Crippen LogP) is 2.24. The number of nitrogens with one attached hydrogen (secondary N) is 1. The number of aromatic nitrogens is 1. The van der Waals surface area contributed by atoms with Crippen LogP contribution in [0.5, 0.6) is 0 Å². The number of amides is 1.